The number of ether oxygens (including phenoxy) is 1. The fourth-order valence-corrected chi connectivity index (χ4v) is 2.43. The average Bonchev–Trinajstić information content (AvgIpc) is 2.73. The van der Waals surface area contributed by atoms with Crippen molar-refractivity contribution in [3.05, 3.63) is 54.1 Å². The zero-order valence-electron chi connectivity index (χ0n) is 16.8. The highest BCUT2D eigenvalue weighted by atomic mass is 16.5. The average molecular weight is 397 g/mol. The molecule has 0 aliphatic carbocycles. The molecule has 0 aromatic heterocycles. The van der Waals surface area contributed by atoms with Gasteiger partial charge < -0.3 is 20.7 Å². The molecule has 3 N–H and O–H groups in total. The van der Waals surface area contributed by atoms with Crippen molar-refractivity contribution in [2.75, 3.05) is 23.8 Å². The van der Waals surface area contributed by atoms with Crippen LogP contribution in [0.3, 0.4) is 0 Å². The van der Waals surface area contributed by atoms with Crippen molar-refractivity contribution in [3.8, 4) is 5.75 Å². The van der Waals surface area contributed by atoms with Crippen LogP contribution in [-0.4, -0.2) is 30.9 Å². The summed E-state index contributed by atoms with van der Waals surface area (Å²) in [5.74, 6) is -0.105. The predicted octanol–water partition coefficient (Wildman–Crippen LogP) is 3.58. The Bertz CT molecular complexity index is 834. The largest absolute Gasteiger partial charge is 0.494 e. The van der Waals surface area contributed by atoms with Crippen LogP contribution in [0.2, 0.25) is 0 Å². The van der Waals surface area contributed by atoms with E-state index in [2.05, 4.69) is 22.9 Å². The number of benzene rings is 2. The van der Waals surface area contributed by atoms with E-state index >= 15 is 0 Å². The van der Waals surface area contributed by atoms with E-state index in [-0.39, 0.29) is 24.3 Å². The second-order valence-electron chi connectivity index (χ2n) is 6.44. The van der Waals surface area contributed by atoms with Crippen LogP contribution in [0.1, 0.15) is 43.5 Å². The van der Waals surface area contributed by atoms with E-state index in [9.17, 15) is 14.4 Å². The Kier molecular flexibility index (Phi) is 8.69. The molecular weight excluding hydrogens is 370 g/mol. The van der Waals surface area contributed by atoms with Gasteiger partial charge in [0.05, 0.1) is 13.2 Å². The van der Waals surface area contributed by atoms with Gasteiger partial charge >= 0.3 is 0 Å². The maximum atomic E-state index is 12.2. The fourth-order valence-electron chi connectivity index (χ4n) is 2.43. The van der Waals surface area contributed by atoms with Gasteiger partial charge in [-0.1, -0.05) is 26.3 Å². The Morgan fingerprint density at radius 2 is 1.55 bits per heavy atom. The highest BCUT2D eigenvalue weighted by Gasteiger charge is 2.09. The Balaban J connectivity index is 1.82. The second kappa shape index (κ2) is 11.5. The zero-order valence-corrected chi connectivity index (χ0v) is 16.8. The molecule has 3 amide bonds. The van der Waals surface area contributed by atoms with Gasteiger partial charge in [0.15, 0.2) is 0 Å². The van der Waals surface area contributed by atoms with Crippen molar-refractivity contribution in [1.29, 1.82) is 0 Å². The third-order valence-electron chi connectivity index (χ3n) is 4.04. The van der Waals surface area contributed by atoms with Crippen LogP contribution in [0.25, 0.3) is 0 Å². The SMILES string of the molecule is CCCCOc1ccc(C(=O)NCC(=O)Nc2cccc(NC(=O)CC)c2)cc1. The summed E-state index contributed by atoms with van der Waals surface area (Å²) in [5.41, 5.74) is 1.58. The number of hydrogen-bond donors (Lipinski definition) is 3. The van der Waals surface area contributed by atoms with Crippen molar-refractivity contribution in [2.45, 2.75) is 33.1 Å². The summed E-state index contributed by atoms with van der Waals surface area (Å²) in [4.78, 5) is 35.8. The minimum atomic E-state index is -0.364. The van der Waals surface area contributed by atoms with E-state index in [0.29, 0.717) is 35.7 Å². The number of rotatable bonds is 10. The fraction of sp³-hybridized carbons (Fsp3) is 0.318. The maximum absolute atomic E-state index is 12.2. The van der Waals surface area contributed by atoms with Gasteiger partial charge in [0.1, 0.15) is 5.75 Å². The second-order valence-corrected chi connectivity index (χ2v) is 6.44. The van der Waals surface area contributed by atoms with Crippen molar-refractivity contribution in [3.63, 3.8) is 0 Å². The summed E-state index contributed by atoms with van der Waals surface area (Å²) >= 11 is 0. The first-order chi connectivity index (χ1) is 14.0. The molecule has 0 spiro atoms. The summed E-state index contributed by atoms with van der Waals surface area (Å²) in [6.07, 6.45) is 2.40. The molecule has 0 heterocycles. The number of anilines is 2. The summed E-state index contributed by atoms with van der Waals surface area (Å²) in [7, 11) is 0. The molecule has 2 aromatic rings. The van der Waals surface area contributed by atoms with Crippen molar-refractivity contribution >= 4 is 29.1 Å². The lowest BCUT2D eigenvalue weighted by Crippen LogP contribution is -2.32. The van der Waals surface area contributed by atoms with E-state index in [4.69, 9.17) is 4.74 Å². The van der Waals surface area contributed by atoms with Gasteiger partial charge in [0.2, 0.25) is 11.8 Å². The van der Waals surface area contributed by atoms with E-state index in [1.165, 1.54) is 0 Å². The molecular formula is C22H27N3O4. The Morgan fingerprint density at radius 1 is 0.897 bits per heavy atom. The number of amides is 3. The number of carbonyl (C=O) groups excluding carboxylic acids is 3. The lowest BCUT2D eigenvalue weighted by atomic mass is 10.2. The zero-order chi connectivity index (χ0) is 21.1. The van der Waals surface area contributed by atoms with E-state index in [0.717, 1.165) is 12.8 Å². The molecule has 154 valence electrons. The van der Waals surface area contributed by atoms with E-state index < -0.39 is 0 Å². The molecule has 0 atom stereocenters. The molecule has 0 bridgehead atoms. The van der Waals surface area contributed by atoms with Gasteiger partial charge in [-0.15, -0.1) is 0 Å². The summed E-state index contributed by atoms with van der Waals surface area (Å²) in [6, 6.07) is 13.6. The molecule has 29 heavy (non-hydrogen) atoms. The first kappa shape index (κ1) is 21.9. The molecule has 0 unspecified atom stereocenters. The van der Waals surface area contributed by atoms with Crippen LogP contribution in [0.15, 0.2) is 48.5 Å². The molecule has 0 saturated heterocycles. The predicted molar refractivity (Wildman–Crippen MR) is 113 cm³/mol. The molecule has 0 aliphatic rings. The van der Waals surface area contributed by atoms with Crippen LogP contribution >= 0.6 is 0 Å². The number of hydrogen-bond acceptors (Lipinski definition) is 4. The van der Waals surface area contributed by atoms with Crippen LogP contribution in [0.5, 0.6) is 5.75 Å². The molecule has 2 rings (SSSR count). The molecule has 7 nitrogen and oxygen atoms in total. The Hall–Kier alpha value is -3.35. The van der Waals surface area contributed by atoms with Crippen LogP contribution in [0.4, 0.5) is 11.4 Å². The highest BCUT2D eigenvalue weighted by molar-refractivity contribution is 5.99. The monoisotopic (exact) mass is 397 g/mol. The van der Waals surface area contributed by atoms with E-state index in [1.54, 1.807) is 55.5 Å². The Morgan fingerprint density at radius 3 is 2.17 bits per heavy atom. The van der Waals surface area contributed by atoms with Crippen LogP contribution < -0.4 is 20.7 Å². The summed E-state index contributed by atoms with van der Waals surface area (Å²) < 4.78 is 5.56. The molecule has 7 heteroatoms. The van der Waals surface area contributed by atoms with E-state index in [1.807, 2.05) is 0 Å². The van der Waals surface area contributed by atoms with Gasteiger partial charge in [-0.05, 0) is 48.9 Å². The standard InChI is InChI=1S/C22H27N3O4/c1-3-5-13-29-19-11-9-16(10-12-19)22(28)23-15-21(27)25-18-8-6-7-17(14-18)24-20(26)4-2/h6-12,14H,3-5,13,15H2,1-2H3,(H,23,28)(H,24,26)(H,25,27). The van der Waals surface area contributed by atoms with Crippen LogP contribution in [0, 0.1) is 0 Å². The molecule has 0 aliphatic heterocycles. The molecule has 2 aromatic carbocycles. The third-order valence-corrected chi connectivity index (χ3v) is 4.04. The van der Waals surface area contributed by atoms with Crippen LogP contribution in [-0.2, 0) is 9.59 Å². The highest BCUT2D eigenvalue weighted by Crippen LogP contribution is 2.15. The summed E-state index contributed by atoms with van der Waals surface area (Å²) in [5, 5.41) is 8.01. The number of unbranched alkanes of at least 4 members (excludes halogenated alkanes) is 1. The smallest absolute Gasteiger partial charge is 0.251 e. The lowest BCUT2D eigenvalue weighted by Gasteiger charge is -2.10. The van der Waals surface area contributed by atoms with Crippen molar-refractivity contribution < 1.29 is 19.1 Å². The first-order valence-corrected chi connectivity index (χ1v) is 9.72. The quantitative estimate of drug-likeness (QED) is 0.534. The molecule has 0 fully saturated rings. The third kappa shape index (κ3) is 7.65. The van der Waals surface area contributed by atoms with Gasteiger partial charge in [0.25, 0.3) is 5.91 Å². The molecule has 0 radical (unpaired) electrons. The minimum Gasteiger partial charge on any atom is -0.494 e. The summed E-state index contributed by atoms with van der Waals surface area (Å²) in [6.45, 7) is 4.33. The van der Waals surface area contributed by atoms with Gasteiger partial charge in [-0.2, -0.15) is 0 Å². The maximum Gasteiger partial charge on any atom is 0.251 e. The van der Waals surface area contributed by atoms with Crippen molar-refractivity contribution in [2.24, 2.45) is 0 Å². The van der Waals surface area contributed by atoms with Crippen molar-refractivity contribution in [1.82, 2.24) is 5.32 Å². The van der Waals surface area contributed by atoms with Gasteiger partial charge in [-0.25, -0.2) is 0 Å². The number of nitrogens with one attached hydrogen (secondary N) is 3. The minimum absolute atomic E-state index is 0.109. The first-order valence-electron chi connectivity index (χ1n) is 9.72. The topological polar surface area (TPSA) is 96.5 Å². The normalized spacial score (nSPS) is 10.1. The number of carbonyl (C=O) groups is 3. The molecule has 0 saturated carbocycles. The van der Waals surface area contributed by atoms with Gasteiger partial charge in [0, 0.05) is 23.4 Å². The Labute approximate surface area is 170 Å². The van der Waals surface area contributed by atoms with Gasteiger partial charge in [-0.3, -0.25) is 14.4 Å². The lowest BCUT2D eigenvalue weighted by molar-refractivity contribution is -0.116.